The number of halogens is 1. The second-order valence-electron chi connectivity index (χ2n) is 4.91. The Morgan fingerprint density at radius 2 is 1.81 bits per heavy atom. The zero-order valence-corrected chi connectivity index (χ0v) is 15.1. The molecular weight excluding hydrogens is 361 g/mol. The quantitative estimate of drug-likeness (QED) is 0.747. The normalized spacial score (nSPS) is 10.6. The summed E-state index contributed by atoms with van der Waals surface area (Å²) in [6, 6.07) is 10.4. The van der Waals surface area contributed by atoms with E-state index in [4.69, 9.17) is 14.2 Å². The van der Waals surface area contributed by atoms with Crippen LogP contribution in [0.4, 0.5) is 4.39 Å². The Labute approximate surface area is 151 Å². The lowest BCUT2D eigenvalue weighted by Crippen LogP contribution is -2.24. The number of nitrogens with one attached hydrogen (secondary N) is 1. The maximum atomic E-state index is 13.4. The Morgan fingerprint density at radius 1 is 1.04 bits per heavy atom. The van der Waals surface area contributed by atoms with Gasteiger partial charge >= 0.3 is 0 Å². The smallest absolute Gasteiger partial charge is 0.245 e. The minimum absolute atomic E-state index is 0.0521. The van der Waals surface area contributed by atoms with Crippen LogP contribution in [-0.2, 0) is 10.0 Å². The Morgan fingerprint density at radius 3 is 2.50 bits per heavy atom. The summed E-state index contributed by atoms with van der Waals surface area (Å²) in [5, 5.41) is 0. The predicted octanol–water partition coefficient (Wildman–Crippen LogP) is 2.20. The molecule has 0 spiro atoms. The molecule has 0 aromatic heterocycles. The molecular formula is C18H18FNO5S. The van der Waals surface area contributed by atoms with E-state index < -0.39 is 15.8 Å². The van der Waals surface area contributed by atoms with Gasteiger partial charge in [0.2, 0.25) is 10.0 Å². The summed E-state index contributed by atoms with van der Waals surface area (Å²) in [6.45, 7) is -0.200. The van der Waals surface area contributed by atoms with Crippen LogP contribution in [0.3, 0.4) is 0 Å². The Hall–Kier alpha value is -2.76. The third-order valence-corrected chi connectivity index (χ3v) is 4.69. The zero-order valence-electron chi connectivity index (χ0n) is 14.3. The van der Waals surface area contributed by atoms with Crippen molar-refractivity contribution in [3.63, 3.8) is 0 Å². The first-order valence-corrected chi connectivity index (χ1v) is 9.01. The molecule has 0 atom stereocenters. The van der Waals surface area contributed by atoms with Crippen LogP contribution >= 0.6 is 0 Å². The number of rotatable bonds is 7. The van der Waals surface area contributed by atoms with Crippen molar-refractivity contribution in [2.24, 2.45) is 0 Å². The van der Waals surface area contributed by atoms with Crippen molar-refractivity contribution in [1.82, 2.24) is 4.72 Å². The third kappa shape index (κ3) is 5.12. The van der Waals surface area contributed by atoms with Crippen molar-refractivity contribution in [2.45, 2.75) is 4.90 Å². The molecule has 0 aliphatic carbocycles. The van der Waals surface area contributed by atoms with E-state index >= 15 is 0 Å². The Kier molecular flexibility index (Phi) is 6.83. The van der Waals surface area contributed by atoms with Crippen molar-refractivity contribution in [3.8, 4) is 29.1 Å². The molecule has 2 aromatic rings. The van der Waals surface area contributed by atoms with Crippen molar-refractivity contribution in [2.75, 3.05) is 27.4 Å². The fraction of sp³-hybridized carbons (Fsp3) is 0.222. The van der Waals surface area contributed by atoms with Gasteiger partial charge in [-0.15, -0.1) is 0 Å². The summed E-state index contributed by atoms with van der Waals surface area (Å²) in [5.74, 6) is 5.40. The van der Waals surface area contributed by atoms with Gasteiger partial charge in [0.05, 0.1) is 20.8 Å². The standard InChI is InChI=1S/C18H18FNO5S/c1-23-14-9-10-17(24-2)18(13-14)26(21,22)20-11-5-6-12-25-16-8-4-3-7-15(16)19/h3-4,7-10,13,20H,11-12H2,1-2H3. The highest BCUT2D eigenvalue weighted by molar-refractivity contribution is 7.89. The number of hydrogen-bond acceptors (Lipinski definition) is 5. The van der Waals surface area contributed by atoms with Gasteiger partial charge in [-0.25, -0.2) is 12.8 Å². The van der Waals surface area contributed by atoms with Crippen molar-refractivity contribution in [3.05, 3.63) is 48.3 Å². The first-order valence-electron chi connectivity index (χ1n) is 7.52. The minimum atomic E-state index is -3.84. The van der Waals surface area contributed by atoms with E-state index in [0.717, 1.165) is 0 Å². The summed E-state index contributed by atoms with van der Waals surface area (Å²) >= 11 is 0. The molecule has 0 heterocycles. The SMILES string of the molecule is COc1ccc(OC)c(S(=O)(=O)NCC#CCOc2ccccc2F)c1. The maximum Gasteiger partial charge on any atom is 0.245 e. The monoisotopic (exact) mass is 379 g/mol. The number of benzene rings is 2. The van der Waals surface area contributed by atoms with Gasteiger partial charge in [-0.1, -0.05) is 24.0 Å². The van der Waals surface area contributed by atoms with Crippen LogP contribution in [0.2, 0.25) is 0 Å². The van der Waals surface area contributed by atoms with Crippen LogP contribution < -0.4 is 18.9 Å². The van der Waals surface area contributed by atoms with Crippen molar-refractivity contribution >= 4 is 10.0 Å². The molecule has 0 saturated heterocycles. The summed E-state index contributed by atoms with van der Waals surface area (Å²) in [4.78, 5) is -0.0521. The van der Waals surface area contributed by atoms with Gasteiger partial charge in [0.1, 0.15) is 23.0 Å². The van der Waals surface area contributed by atoms with Gasteiger partial charge in [0.25, 0.3) is 0 Å². The fourth-order valence-corrected chi connectivity index (χ4v) is 3.10. The number of methoxy groups -OCH3 is 2. The first-order chi connectivity index (χ1) is 12.5. The van der Waals surface area contributed by atoms with E-state index in [1.54, 1.807) is 18.2 Å². The molecule has 138 valence electrons. The number of para-hydroxylation sites is 1. The Balaban J connectivity index is 1.96. The van der Waals surface area contributed by atoms with Crippen LogP contribution in [-0.4, -0.2) is 35.8 Å². The second kappa shape index (κ2) is 9.08. The summed E-state index contributed by atoms with van der Waals surface area (Å²) in [5.41, 5.74) is 0. The molecule has 26 heavy (non-hydrogen) atoms. The third-order valence-electron chi connectivity index (χ3n) is 3.27. The molecule has 0 fully saturated rings. The van der Waals surface area contributed by atoms with E-state index in [2.05, 4.69) is 16.6 Å². The van der Waals surface area contributed by atoms with Crippen LogP contribution in [0.5, 0.6) is 17.2 Å². The number of ether oxygens (including phenoxy) is 3. The fourth-order valence-electron chi connectivity index (χ4n) is 1.99. The minimum Gasteiger partial charge on any atom is -0.497 e. The van der Waals surface area contributed by atoms with E-state index in [0.29, 0.717) is 5.75 Å². The zero-order chi connectivity index (χ0) is 19.0. The molecule has 0 amide bonds. The lowest BCUT2D eigenvalue weighted by Gasteiger charge is -2.10. The number of sulfonamides is 1. The molecule has 0 unspecified atom stereocenters. The Bertz CT molecular complexity index is 919. The van der Waals surface area contributed by atoms with Crippen LogP contribution in [0, 0.1) is 17.7 Å². The molecule has 0 radical (unpaired) electrons. The topological polar surface area (TPSA) is 73.9 Å². The van der Waals surface area contributed by atoms with Gasteiger partial charge in [-0.3, -0.25) is 0 Å². The van der Waals surface area contributed by atoms with Crippen LogP contribution in [0.25, 0.3) is 0 Å². The molecule has 8 heteroatoms. The summed E-state index contributed by atoms with van der Waals surface area (Å²) in [6.07, 6.45) is 0. The molecule has 1 N–H and O–H groups in total. The van der Waals surface area contributed by atoms with Gasteiger partial charge in [-0.05, 0) is 24.3 Å². The molecule has 0 bridgehead atoms. The predicted molar refractivity (Wildman–Crippen MR) is 94.4 cm³/mol. The maximum absolute atomic E-state index is 13.4. The molecule has 2 aromatic carbocycles. The van der Waals surface area contributed by atoms with Gasteiger partial charge in [0, 0.05) is 6.07 Å². The highest BCUT2D eigenvalue weighted by Crippen LogP contribution is 2.27. The lowest BCUT2D eigenvalue weighted by molar-refractivity contribution is 0.348. The first kappa shape index (κ1) is 19.6. The molecule has 0 aliphatic heterocycles. The molecule has 0 saturated carbocycles. The van der Waals surface area contributed by atoms with Crippen molar-refractivity contribution in [1.29, 1.82) is 0 Å². The van der Waals surface area contributed by atoms with Gasteiger partial charge < -0.3 is 14.2 Å². The van der Waals surface area contributed by atoms with Gasteiger partial charge in [-0.2, -0.15) is 4.72 Å². The highest BCUT2D eigenvalue weighted by Gasteiger charge is 2.19. The average Bonchev–Trinajstić information content (AvgIpc) is 2.65. The molecule has 6 nitrogen and oxygen atoms in total. The summed E-state index contributed by atoms with van der Waals surface area (Å²) < 4.78 is 55.7. The van der Waals surface area contributed by atoms with E-state index in [9.17, 15) is 12.8 Å². The largest absolute Gasteiger partial charge is 0.497 e. The van der Waals surface area contributed by atoms with E-state index in [-0.39, 0.29) is 29.5 Å². The van der Waals surface area contributed by atoms with E-state index in [1.165, 1.54) is 38.5 Å². The highest BCUT2D eigenvalue weighted by atomic mass is 32.2. The molecule has 2 rings (SSSR count). The second-order valence-corrected chi connectivity index (χ2v) is 6.65. The summed E-state index contributed by atoms with van der Waals surface area (Å²) in [7, 11) is -1.03. The van der Waals surface area contributed by atoms with E-state index in [1.807, 2.05) is 0 Å². The van der Waals surface area contributed by atoms with Gasteiger partial charge in [0.15, 0.2) is 11.6 Å². The lowest BCUT2D eigenvalue weighted by atomic mass is 10.3. The van der Waals surface area contributed by atoms with Crippen LogP contribution in [0.1, 0.15) is 0 Å². The van der Waals surface area contributed by atoms with Crippen LogP contribution in [0.15, 0.2) is 47.4 Å². The average molecular weight is 379 g/mol. The molecule has 0 aliphatic rings. The number of hydrogen-bond donors (Lipinski definition) is 1. The van der Waals surface area contributed by atoms with Crippen molar-refractivity contribution < 1.29 is 27.0 Å².